The molecule has 3 aromatic rings. The second-order valence-electron chi connectivity index (χ2n) is 6.10. The van der Waals surface area contributed by atoms with Gasteiger partial charge < -0.3 is 4.42 Å². The fourth-order valence-electron chi connectivity index (χ4n) is 2.66. The number of nitrogens with zero attached hydrogens (tertiary/aromatic N) is 2. The topological polar surface area (TPSA) is 96.0 Å². The smallest absolute Gasteiger partial charge is 0.271 e. The average Bonchev–Trinajstić information content (AvgIpc) is 3.23. The first-order valence-electron chi connectivity index (χ1n) is 8.14. The predicted molar refractivity (Wildman–Crippen MR) is 98.4 cm³/mol. The number of sulfonamides is 1. The van der Waals surface area contributed by atoms with Crippen molar-refractivity contribution >= 4 is 27.0 Å². The van der Waals surface area contributed by atoms with Gasteiger partial charge in [-0.15, -0.1) is 11.3 Å². The molecule has 0 saturated heterocycles. The lowest BCUT2D eigenvalue weighted by Crippen LogP contribution is -2.11. The van der Waals surface area contributed by atoms with E-state index in [-0.39, 0.29) is 4.21 Å². The van der Waals surface area contributed by atoms with Gasteiger partial charge >= 0.3 is 0 Å². The molecule has 8 heteroatoms. The van der Waals surface area contributed by atoms with Crippen LogP contribution in [0.2, 0.25) is 0 Å². The quantitative estimate of drug-likeness (QED) is 0.704. The maximum atomic E-state index is 12.6. The molecule has 6 nitrogen and oxygen atoms in total. The maximum absolute atomic E-state index is 12.6. The van der Waals surface area contributed by atoms with Gasteiger partial charge in [-0.3, -0.25) is 4.72 Å². The van der Waals surface area contributed by atoms with Gasteiger partial charge in [0.05, 0.1) is 22.7 Å². The Kier molecular flexibility index (Phi) is 4.26. The average molecular weight is 385 g/mol. The van der Waals surface area contributed by atoms with E-state index in [0.717, 1.165) is 34.9 Å². The molecule has 1 saturated carbocycles. The van der Waals surface area contributed by atoms with Gasteiger partial charge in [0.25, 0.3) is 10.0 Å². The third kappa shape index (κ3) is 3.23. The molecular weight excluding hydrogens is 370 g/mol. The normalized spacial score (nSPS) is 14.6. The van der Waals surface area contributed by atoms with Gasteiger partial charge in [0.1, 0.15) is 4.21 Å². The minimum Gasteiger partial charge on any atom is -0.440 e. The Morgan fingerprint density at radius 2 is 1.96 bits per heavy atom. The second kappa shape index (κ2) is 6.59. The van der Waals surface area contributed by atoms with Crippen molar-refractivity contribution in [3.8, 4) is 16.7 Å². The summed E-state index contributed by atoms with van der Waals surface area (Å²) in [5.41, 5.74) is 0.879. The molecule has 0 radical (unpaired) electrons. The molecule has 0 amide bonds. The van der Waals surface area contributed by atoms with Gasteiger partial charge in [0, 0.05) is 11.6 Å². The van der Waals surface area contributed by atoms with Crippen molar-refractivity contribution in [1.82, 2.24) is 4.98 Å². The van der Waals surface area contributed by atoms with Crippen LogP contribution in [0.3, 0.4) is 0 Å². The number of benzene rings is 1. The second-order valence-corrected chi connectivity index (χ2v) is 9.10. The highest BCUT2D eigenvalue weighted by Crippen LogP contribution is 2.38. The summed E-state index contributed by atoms with van der Waals surface area (Å²) < 4.78 is 33.6. The highest BCUT2D eigenvalue weighted by Gasteiger charge is 2.25. The largest absolute Gasteiger partial charge is 0.440 e. The Morgan fingerprint density at radius 1 is 1.19 bits per heavy atom. The molecule has 1 aliphatic rings. The first-order valence-corrected chi connectivity index (χ1v) is 10.4. The number of anilines is 1. The standard InChI is InChI=1S/C18H15N3O3S2/c19-10-12-4-6-14(7-5-12)21-26(22,23)17-9-8-16(25-17)15-11-20-18(24-15)13-2-1-3-13/h4-9,11,13,21H,1-3H2. The summed E-state index contributed by atoms with van der Waals surface area (Å²) in [5.74, 6) is 1.72. The summed E-state index contributed by atoms with van der Waals surface area (Å²) in [6, 6.07) is 11.5. The molecule has 0 spiro atoms. The lowest BCUT2D eigenvalue weighted by atomic mass is 9.85. The van der Waals surface area contributed by atoms with Crippen LogP contribution in [0.1, 0.15) is 36.6 Å². The molecule has 132 valence electrons. The van der Waals surface area contributed by atoms with Crippen molar-refractivity contribution in [2.45, 2.75) is 29.4 Å². The van der Waals surface area contributed by atoms with Gasteiger partial charge in [-0.1, -0.05) is 6.42 Å². The lowest BCUT2D eigenvalue weighted by Gasteiger charge is -2.21. The van der Waals surface area contributed by atoms with Crippen LogP contribution in [-0.2, 0) is 10.0 Å². The highest BCUT2D eigenvalue weighted by atomic mass is 32.2. The van der Waals surface area contributed by atoms with Gasteiger partial charge in [0.15, 0.2) is 11.7 Å². The van der Waals surface area contributed by atoms with Crippen LogP contribution in [0.25, 0.3) is 10.6 Å². The van der Waals surface area contributed by atoms with Crippen LogP contribution >= 0.6 is 11.3 Å². The number of hydrogen-bond acceptors (Lipinski definition) is 6. The minimum atomic E-state index is -3.70. The van der Waals surface area contributed by atoms with Crippen molar-refractivity contribution in [3.63, 3.8) is 0 Å². The summed E-state index contributed by atoms with van der Waals surface area (Å²) in [4.78, 5) is 5.04. The van der Waals surface area contributed by atoms with Gasteiger partial charge in [-0.05, 0) is 49.2 Å². The zero-order valence-electron chi connectivity index (χ0n) is 13.7. The first kappa shape index (κ1) is 16.8. The summed E-state index contributed by atoms with van der Waals surface area (Å²) in [6.07, 6.45) is 5.05. The van der Waals surface area contributed by atoms with Crippen LogP contribution in [-0.4, -0.2) is 13.4 Å². The van der Waals surface area contributed by atoms with E-state index >= 15 is 0 Å². The summed E-state index contributed by atoms with van der Waals surface area (Å²) >= 11 is 1.13. The molecule has 0 atom stereocenters. The van der Waals surface area contributed by atoms with Gasteiger partial charge in [-0.2, -0.15) is 5.26 Å². The minimum absolute atomic E-state index is 0.193. The zero-order valence-corrected chi connectivity index (χ0v) is 15.3. The van der Waals surface area contributed by atoms with Crippen molar-refractivity contribution in [2.75, 3.05) is 4.72 Å². The fourth-order valence-corrected chi connectivity index (χ4v) is 4.97. The monoisotopic (exact) mass is 385 g/mol. The lowest BCUT2D eigenvalue weighted by molar-refractivity contribution is 0.338. The van der Waals surface area contributed by atoms with Crippen molar-refractivity contribution in [3.05, 3.63) is 54.0 Å². The molecule has 0 unspecified atom stereocenters. The number of hydrogen-bond donors (Lipinski definition) is 1. The molecule has 0 aliphatic heterocycles. The number of nitriles is 1. The molecule has 26 heavy (non-hydrogen) atoms. The SMILES string of the molecule is N#Cc1ccc(NS(=O)(=O)c2ccc(-c3cnc(C4CCC4)o3)s2)cc1. The molecule has 1 aliphatic carbocycles. The third-order valence-corrected chi connectivity index (χ3v) is 7.31. The summed E-state index contributed by atoms with van der Waals surface area (Å²) in [5, 5.41) is 8.80. The van der Waals surface area contributed by atoms with E-state index in [4.69, 9.17) is 9.68 Å². The summed E-state index contributed by atoms with van der Waals surface area (Å²) in [6.45, 7) is 0. The number of thiophene rings is 1. The van der Waals surface area contributed by atoms with Gasteiger partial charge in [0.2, 0.25) is 0 Å². The first-order chi connectivity index (χ1) is 12.5. The Hall–Kier alpha value is -2.63. The molecule has 0 bridgehead atoms. The highest BCUT2D eigenvalue weighted by molar-refractivity contribution is 7.94. The predicted octanol–water partition coefficient (Wildman–Crippen LogP) is 4.34. The Labute approximate surface area is 155 Å². The van der Waals surface area contributed by atoms with E-state index in [1.54, 1.807) is 42.6 Å². The van der Waals surface area contributed by atoms with Gasteiger partial charge in [-0.25, -0.2) is 13.4 Å². The van der Waals surface area contributed by atoms with Crippen LogP contribution in [0.4, 0.5) is 5.69 Å². The molecular formula is C18H15N3O3S2. The molecule has 1 aromatic carbocycles. The van der Waals surface area contributed by atoms with E-state index in [9.17, 15) is 8.42 Å². The van der Waals surface area contributed by atoms with Crippen molar-refractivity contribution in [2.24, 2.45) is 0 Å². The van der Waals surface area contributed by atoms with Crippen LogP contribution in [0.15, 0.2) is 51.2 Å². The van der Waals surface area contributed by atoms with Crippen LogP contribution in [0, 0.1) is 11.3 Å². The fraction of sp³-hybridized carbons (Fsp3) is 0.222. The number of rotatable bonds is 5. The van der Waals surface area contributed by atoms with E-state index in [1.165, 1.54) is 6.42 Å². The van der Waals surface area contributed by atoms with E-state index in [2.05, 4.69) is 9.71 Å². The van der Waals surface area contributed by atoms with E-state index in [1.807, 2.05) is 6.07 Å². The summed E-state index contributed by atoms with van der Waals surface area (Å²) in [7, 11) is -3.70. The number of aromatic nitrogens is 1. The van der Waals surface area contributed by atoms with Crippen molar-refractivity contribution in [1.29, 1.82) is 5.26 Å². The molecule has 4 rings (SSSR count). The maximum Gasteiger partial charge on any atom is 0.271 e. The molecule has 2 heterocycles. The van der Waals surface area contributed by atoms with Crippen LogP contribution < -0.4 is 4.72 Å². The Balaban J connectivity index is 1.54. The van der Waals surface area contributed by atoms with Crippen LogP contribution in [0.5, 0.6) is 0 Å². The number of nitrogens with one attached hydrogen (secondary N) is 1. The molecule has 1 N–H and O–H groups in total. The molecule has 2 aromatic heterocycles. The molecule has 1 fully saturated rings. The Morgan fingerprint density at radius 3 is 2.62 bits per heavy atom. The van der Waals surface area contributed by atoms with E-state index < -0.39 is 10.0 Å². The van der Waals surface area contributed by atoms with Crippen molar-refractivity contribution < 1.29 is 12.8 Å². The third-order valence-electron chi connectivity index (χ3n) is 4.33. The van der Waals surface area contributed by atoms with E-state index in [0.29, 0.717) is 22.9 Å². The number of oxazole rings is 1. The zero-order chi connectivity index (χ0) is 18.1. The Bertz CT molecular complexity index is 1070.